The van der Waals surface area contributed by atoms with Gasteiger partial charge in [-0.3, -0.25) is 14.9 Å². The number of amides is 1. The lowest BCUT2D eigenvalue weighted by Crippen LogP contribution is -2.45. The Kier molecular flexibility index (Phi) is 8.07. The molecule has 5 heteroatoms. The van der Waals surface area contributed by atoms with Gasteiger partial charge in [-0.05, 0) is 26.2 Å². The summed E-state index contributed by atoms with van der Waals surface area (Å²) in [7, 11) is 0. The van der Waals surface area contributed by atoms with Gasteiger partial charge in [0.2, 0.25) is 5.91 Å². The van der Waals surface area contributed by atoms with Gasteiger partial charge in [0.05, 0.1) is 6.54 Å². The lowest BCUT2D eigenvalue weighted by Gasteiger charge is -2.23. The van der Waals surface area contributed by atoms with Crippen LogP contribution in [0.3, 0.4) is 0 Å². The van der Waals surface area contributed by atoms with Crippen molar-refractivity contribution in [3.8, 4) is 0 Å². The van der Waals surface area contributed by atoms with Crippen molar-refractivity contribution in [3.63, 3.8) is 0 Å². The Hall–Kier alpha value is -1.36. The minimum Gasteiger partial charge on any atom is -0.480 e. The number of nitrogens with zero attached hydrogens (tertiary/aromatic N) is 1. The van der Waals surface area contributed by atoms with Crippen molar-refractivity contribution in [3.05, 3.63) is 12.2 Å². The average Bonchev–Trinajstić information content (AvgIpc) is 2.29. The van der Waals surface area contributed by atoms with Gasteiger partial charge in [-0.15, -0.1) is 0 Å². The van der Waals surface area contributed by atoms with E-state index in [2.05, 4.69) is 11.9 Å². The lowest BCUT2D eigenvalue weighted by atomic mass is 10.0. The number of hydrogen-bond acceptors (Lipinski definition) is 3. The molecular formula is C14H26N2O3. The largest absolute Gasteiger partial charge is 0.480 e. The van der Waals surface area contributed by atoms with Gasteiger partial charge in [0.1, 0.15) is 6.04 Å². The molecule has 5 nitrogen and oxygen atoms in total. The summed E-state index contributed by atoms with van der Waals surface area (Å²) in [5.74, 6) is -0.744. The fourth-order valence-corrected chi connectivity index (χ4v) is 1.77. The predicted molar refractivity (Wildman–Crippen MR) is 75.9 cm³/mol. The van der Waals surface area contributed by atoms with Gasteiger partial charge in [-0.2, -0.15) is 0 Å². The van der Waals surface area contributed by atoms with Crippen LogP contribution in [0.25, 0.3) is 0 Å². The highest BCUT2D eigenvalue weighted by atomic mass is 16.4. The quantitative estimate of drug-likeness (QED) is 0.623. The van der Waals surface area contributed by atoms with E-state index in [9.17, 15) is 9.59 Å². The minimum atomic E-state index is -0.913. The maximum atomic E-state index is 12.0. The smallest absolute Gasteiger partial charge is 0.320 e. The monoisotopic (exact) mass is 270 g/mol. The third-order valence-electron chi connectivity index (χ3n) is 2.70. The fourth-order valence-electron chi connectivity index (χ4n) is 1.77. The number of likely N-dealkylation sites (N-methyl/N-ethyl adjacent to an activating group) is 1. The highest BCUT2D eigenvalue weighted by Gasteiger charge is 2.20. The number of carboxylic acids is 1. The maximum Gasteiger partial charge on any atom is 0.320 e. The number of rotatable bonds is 9. The Morgan fingerprint density at radius 1 is 1.37 bits per heavy atom. The van der Waals surface area contributed by atoms with Crippen molar-refractivity contribution in [2.75, 3.05) is 19.6 Å². The summed E-state index contributed by atoms with van der Waals surface area (Å²) in [6.45, 7) is 12.6. The highest BCUT2D eigenvalue weighted by Crippen LogP contribution is 2.05. The first kappa shape index (κ1) is 17.6. The summed E-state index contributed by atoms with van der Waals surface area (Å²) in [5, 5.41) is 11.9. The van der Waals surface area contributed by atoms with Crippen molar-refractivity contribution in [1.82, 2.24) is 10.2 Å². The molecule has 0 heterocycles. The molecule has 0 saturated carbocycles. The van der Waals surface area contributed by atoms with Crippen LogP contribution in [0.1, 0.15) is 34.1 Å². The SMILES string of the molecule is C=C(C)CN(CC)C(=O)CNC(CC(C)C)C(=O)O. The van der Waals surface area contributed by atoms with E-state index in [0.717, 1.165) is 5.57 Å². The van der Waals surface area contributed by atoms with Crippen LogP contribution in [0.4, 0.5) is 0 Å². The summed E-state index contributed by atoms with van der Waals surface area (Å²) in [5.41, 5.74) is 0.909. The Morgan fingerprint density at radius 2 is 1.95 bits per heavy atom. The molecule has 0 radical (unpaired) electrons. The van der Waals surface area contributed by atoms with E-state index in [0.29, 0.717) is 19.5 Å². The molecular weight excluding hydrogens is 244 g/mol. The molecule has 0 aliphatic rings. The van der Waals surface area contributed by atoms with Crippen LogP contribution < -0.4 is 5.32 Å². The first-order chi connectivity index (χ1) is 8.77. The van der Waals surface area contributed by atoms with E-state index in [1.807, 2.05) is 27.7 Å². The molecule has 1 unspecified atom stereocenters. The number of aliphatic carboxylic acids is 1. The zero-order valence-corrected chi connectivity index (χ0v) is 12.4. The van der Waals surface area contributed by atoms with Crippen LogP contribution >= 0.6 is 0 Å². The van der Waals surface area contributed by atoms with E-state index in [1.54, 1.807) is 4.90 Å². The molecule has 0 aromatic carbocycles. The molecule has 2 N–H and O–H groups in total. The van der Waals surface area contributed by atoms with Crippen LogP contribution in [0.5, 0.6) is 0 Å². The van der Waals surface area contributed by atoms with E-state index in [4.69, 9.17) is 5.11 Å². The second-order valence-electron chi connectivity index (χ2n) is 5.27. The van der Waals surface area contributed by atoms with Crippen molar-refractivity contribution in [2.24, 2.45) is 5.92 Å². The molecule has 0 rings (SSSR count). The predicted octanol–water partition coefficient (Wildman–Crippen LogP) is 1.50. The molecule has 110 valence electrons. The van der Waals surface area contributed by atoms with Crippen LogP contribution in [-0.2, 0) is 9.59 Å². The van der Waals surface area contributed by atoms with Gasteiger partial charge in [0.15, 0.2) is 0 Å². The first-order valence-electron chi connectivity index (χ1n) is 6.66. The van der Waals surface area contributed by atoms with Gasteiger partial charge >= 0.3 is 5.97 Å². The topological polar surface area (TPSA) is 69.6 Å². The first-order valence-corrected chi connectivity index (χ1v) is 6.66. The van der Waals surface area contributed by atoms with Gasteiger partial charge in [0, 0.05) is 13.1 Å². The Labute approximate surface area is 115 Å². The number of carbonyl (C=O) groups is 2. The molecule has 0 aromatic rings. The summed E-state index contributed by atoms with van der Waals surface area (Å²) < 4.78 is 0. The van der Waals surface area contributed by atoms with Gasteiger partial charge < -0.3 is 10.0 Å². The average molecular weight is 270 g/mol. The van der Waals surface area contributed by atoms with Crippen molar-refractivity contribution in [2.45, 2.75) is 40.2 Å². The van der Waals surface area contributed by atoms with E-state index >= 15 is 0 Å². The Bertz CT molecular complexity index is 327. The van der Waals surface area contributed by atoms with Crippen LogP contribution in [0, 0.1) is 5.92 Å². The zero-order chi connectivity index (χ0) is 15.0. The molecule has 0 aliphatic carbocycles. The minimum absolute atomic E-state index is 0.0464. The molecule has 0 spiro atoms. The van der Waals surface area contributed by atoms with E-state index in [-0.39, 0.29) is 18.4 Å². The molecule has 0 aliphatic heterocycles. The second kappa shape index (κ2) is 8.69. The maximum absolute atomic E-state index is 12.0. The molecule has 0 aromatic heterocycles. The molecule has 0 bridgehead atoms. The van der Waals surface area contributed by atoms with Gasteiger partial charge in [-0.25, -0.2) is 0 Å². The lowest BCUT2D eigenvalue weighted by molar-refractivity contribution is -0.140. The Balaban J connectivity index is 4.37. The van der Waals surface area contributed by atoms with Crippen LogP contribution in [0.15, 0.2) is 12.2 Å². The highest BCUT2D eigenvalue weighted by molar-refractivity contribution is 5.80. The summed E-state index contributed by atoms with van der Waals surface area (Å²) in [6.07, 6.45) is 0.509. The van der Waals surface area contributed by atoms with Crippen molar-refractivity contribution >= 4 is 11.9 Å². The summed E-state index contributed by atoms with van der Waals surface area (Å²) >= 11 is 0. The molecule has 1 amide bonds. The number of carboxylic acid groups (broad SMARTS) is 1. The number of carbonyl (C=O) groups excluding carboxylic acids is 1. The molecule has 0 saturated heterocycles. The number of hydrogen-bond donors (Lipinski definition) is 2. The standard InChI is InChI=1S/C14H26N2O3/c1-6-16(9-11(4)5)13(17)8-15-12(14(18)19)7-10(2)3/h10,12,15H,4,6-9H2,1-3,5H3,(H,18,19). The van der Waals surface area contributed by atoms with Crippen LogP contribution in [-0.4, -0.2) is 47.6 Å². The number of nitrogens with one attached hydrogen (secondary N) is 1. The van der Waals surface area contributed by atoms with E-state index in [1.165, 1.54) is 0 Å². The third kappa shape index (κ3) is 7.62. The Morgan fingerprint density at radius 3 is 2.32 bits per heavy atom. The normalized spacial score (nSPS) is 12.3. The summed E-state index contributed by atoms with van der Waals surface area (Å²) in [4.78, 5) is 24.7. The second-order valence-corrected chi connectivity index (χ2v) is 5.27. The van der Waals surface area contributed by atoms with Gasteiger partial charge in [-0.1, -0.05) is 26.0 Å². The van der Waals surface area contributed by atoms with Crippen molar-refractivity contribution in [1.29, 1.82) is 0 Å². The summed E-state index contributed by atoms with van der Waals surface area (Å²) in [6, 6.07) is -0.674. The molecule has 19 heavy (non-hydrogen) atoms. The zero-order valence-electron chi connectivity index (χ0n) is 12.4. The fraction of sp³-hybridized carbons (Fsp3) is 0.714. The van der Waals surface area contributed by atoms with Gasteiger partial charge in [0.25, 0.3) is 0 Å². The van der Waals surface area contributed by atoms with E-state index < -0.39 is 12.0 Å². The van der Waals surface area contributed by atoms with Crippen LogP contribution in [0.2, 0.25) is 0 Å². The molecule has 0 fully saturated rings. The van der Waals surface area contributed by atoms with Crippen molar-refractivity contribution < 1.29 is 14.7 Å². The third-order valence-corrected chi connectivity index (χ3v) is 2.70. The molecule has 1 atom stereocenters.